The van der Waals surface area contributed by atoms with Crippen LogP contribution in [0.15, 0.2) is 50.0 Å². The van der Waals surface area contributed by atoms with Crippen LogP contribution in [0.4, 0.5) is 0 Å². The quantitative estimate of drug-likeness (QED) is 0.439. The molecule has 33 heavy (non-hydrogen) atoms. The number of ether oxygens (including phenoxy) is 1. The Morgan fingerprint density at radius 2 is 1.79 bits per heavy atom. The second-order valence-electron chi connectivity index (χ2n) is 8.76. The highest BCUT2D eigenvalue weighted by molar-refractivity contribution is 6.06. The van der Waals surface area contributed by atoms with Crippen LogP contribution < -0.4 is 10.9 Å². The molecule has 3 heterocycles. The maximum absolute atomic E-state index is 12.8. The van der Waals surface area contributed by atoms with Crippen molar-refractivity contribution in [1.82, 2.24) is 5.32 Å². The van der Waals surface area contributed by atoms with E-state index in [1.165, 1.54) is 0 Å². The average molecular weight is 446 g/mol. The number of fused-ring (bicyclic) bond motifs is 2. The summed E-state index contributed by atoms with van der Waals surface area (Å²) < 4.78 is 17.4. The molecule has 2 aromatic heterocycles. The Morgan fingerprint density at radius 3 is 2.52 bits per heavy atom. The van der Waals surface area contributed by atoms with Gasteiger partial charge in [0.25, 0.3) is 0 Å². The second-order valence-corrected chi connectivity index (χ2v) is 8.76. The predicted molar refractivity (Wildman–Crippen MR) is 128 cm³/mol. The van der Waals surface area contributed by atoms with E-state index >= 15 is 0 Å². The van der Waals surface area contributed by atoms with E-state index in [4.69, 9.17) is 13.6 Å². The number of hydrogen-bond acceptors (Lipinski definition) is 5. The van der Waals surface area contributed by atoms with Gasteiger partial charge in [-0.15, -0.1) is 0 Å². The van der Waals surface area contributed by atoms with Gasteiger partial charge in [-0.3, -0.25) is 4.79 Å². The van der Waals surface area contributed by atoms with Gasteiger partial charge in [0.1, 0.15) is 16.9 Å². The summed E-state index contributed by atoms with van der Waals surface area (Å²) in [7, 11) is 0. The van der Waals surface area contributed by atoms with E-state index in [-0.39, 0.29) is 18.4 Å². The van der Waals surface area contributed by atoms with E-state index in [2.05, 4.69) is 17.4 Å². The van der Waals surface area contributed by atoms with E-state index < -0.39 is 5.63 Å². The van der Waals surface area contributed by atoms with E-state index in [0.29, 0.717) is 23.3 Å². The van der Waals surface area contributed by atoms with Crippen LogP contribution in [0.2, 0.25) is 0 Å². The molecule has 170 valence electrons. The van der Waals surface area contributed by atoms with Crippen LogP contribution in [0.5, 0.6) is 0 Å². The van der Waals surface area contributed by atoms with Crippen molar-refractivity contribution < 1.29 is 18.4 Å². The normalized spacial score (nSPS) is 16.0. The molecule has 0 unspecified atom stereocenters. The summed E-state index contributed by atoms with van der Waals surface area (Å²) in [5.41, 5.74) is 4.74. The minimum Gasteiger partial charge on any atom is -0.460 e. The smallest absolute Gasteiger partial charge is 0.340 e. The van der Waals surface area contributed by atoms with Gasteiger partial charge in [-0.05, 0) is 50.8 Å². The van der Waals surface area contributed by atoms with Crippen LogP contribution in [0.25, 0.3) is 33.1 Å². The van der Waals surface area contributed by atoms with Gasteiger partial charge in [0.15, 0.2) is 0 Å². The Morgan fingerprint density at radius 1 is 1.03 bits per heavy atom. The highest BCUT2D eigenvalue weighted by Gasteiger charge is 2.22. The summed E-state index contributed by atoms with van der Waals surface area (Å²) in [4.78, 5) is 25.4. The molecular weight excluding hydrogens is 418 g/mol. The van der Waals surface area contributed by atoms with Gasteiger partial charge in [-0.2, -0.15) is 0 Å². The lowest BCUT2D eigenvalue weighted by atomic mass is 9.96. The standard InChI is InChI=1S/C27H27NO5/c1-15-20-12-22-24(18-8-5-4-6-9-18)17(3)32-26(22)16(2)25(20)33-27(30)21(15)13-23(29)28-14-19-10-7-11-31-19/h4-6,8-9,12,19H,7,10-11,13-14H2,1-3H3,(H,28,29)/t19-/m1/s1. The van der Waals surface area contributed by atoms with Crippen LogP contribution >= 0.6 is 0 Å². The van der Waals surface area contributed by atoms with Gasteiger partial charge < -0.3 is 18.9 Å². The summed E-state index contributed by atoms with van der Waals surface area (Å²) in [5.74, 6) is 0.602. The molecule has 1 fully saturated rings. The first-order chi connectivity index (χ1) is 15.9. The number of aryl methyl sites for hydroxylation is 3. The van der Waals surface area contributed by atoms with Crippen LogP contribution in [0.1, 0.15) is 35.3 Å². The van der Waals surface area contributed by atoms with Crippen LogP contribution in [-0.2, 0) is 16.0 Å². The Kier molecular flexibility index (Phi) is 5.54. The topological polar surface area (TPSA) is 81.7 Å². The minimum atomic E-state index is -0.485. The SMILES string of the molecule is Cc1oc2c(C)c3oc(=O)c(CC(=O)NC[C@H]4CCCO4)c(C)c3cc2c1-c1ccccc1. The predicted octanol–water partition coefficient (Wildman–Crippen LogP) is 4.97. The van der Waals surface area contributed by atoms with Gasteiger partial charge >= 0.3 is 5.63 Å². The maximum atomic E-state index is 12.8. The fourth-order valence-electron chi connectivity index (χ4n) is 4.80. The summed E-state index contributed by atoms with van der Waals surface area (Å²) in [5, 5.41) is 4.68. The van der Waals surface area contributed by atoms with Crippen molar-refractivity contribution in [2.45, 2.75) is 46.1 Å². The lowest BCUT2D eigenvalue weighted by molar-refractivity contribution is -0.121. The maximum Gasteiger partial charge on any atom is 0.340 e. The number of carbonyl (C=O) groups is 1. The van der Waals surface area contributed by atoms with Crippen molar-refractivity contribution in [3.8, 4) is 11.1 Å². The third-order valence-electron chi connectivity index (χ3n) is 6.58. The summed E-state index contributed by atoms with van der Waals surface area (Å²) in [6.45, 7) is 6.92. The Hall–Kier alpha value is -3.38. The first-order valence-corrected chi connectivity index (χ1v) is 11.4. The average Bonchev–Trinajstić information content (AvgIpc) is 3.44. The Labute approximate surface area is 191 Å². The molecule has 0 aliphatic carbocycles. The first kappa shape index (κ1) is 21.5. The van der Waals surface area contributed by atoms with Gasteiger partial charge in [-0.25, -0.2) is 4.79 Å². The molecule has 1 aliphatic rings. The van der Waals surface area contributed by atoms with Crippen molar-refractivity contribution >= 4 is 27.8 Å². The molecule has 5 rings (SSSR count). The number of carbonyl (C=O) groups excluding carboxylic acids is 1. The molecule has 2 aromatic carbocycles. The fraction of sp³-hybridized carbons (Fsp3) is 0.333. The van der Waals surface area contributed by atoms with Crippen molar-refractivity contribution in [2.24, 2.45) is 0 Å². The molecule has 1 atom stereocenters. The lowest BCUT2D eigenvalue weighted by Gasteiger charge is -2.12. The molecule has 6 nitrogen and oxygen atoms in total. The fourth-order valence-corrected chi connectivity index (χ4v) is 4.80. The highest BCUT2D eigenvalue weighted by Crippen LogP contribution is 2.39. The number of nitrogens with one attached hydrogen (secondary N) is 1. The van der Waals surface area contributed by atoms with Crippen LogP contribution in [0.3, 0.4) is 0 Å². The van der Waals surface area contributed by atoms with E-state index in [1.54, 1.807) is 0 Å². The molecule has 1 aliphatic heterocycles. The van der Waals surface area contributed by atoms with Crippen LogP contribution in [-0.4, -0.2) is 25.2 Å². The zero-order valence-corrected chi connectivity index (χ0v) is 19.1. The molecule has 1 saturated heterocycles. The molecule has 0 saturated carbocycles. The largest absolute Gasteiger partial charge is 0.460 e. The van der Waals surface area contributed by atoms with Gasteiger partial charge in [0.2, 0.25) is 5.91 Å². The Bertz CT molecular complexity index is 1410. The van der Waals surface area contributed by atoms with E-state index in [0.717, 1.165) is 58.2 Å². The van der Waals surface area contributed by atoms with E-state index in [1.807, 2.05) is 45.0 Å². The zero-order valence-electron chi connectivity index (χ0n) is 19.1. The minimum absolute atomic E-state index is 0.0239. The van der Waals surface area contributed by atoms with Crippen molar-refractivity contribution in [3.05, 3.63) is 69.3 Å². The summed E-state index contributed by atoms with van der Waals surface area (Å²) in [6, 6.07) is 12.1. The van der Waals surface area contributed by atoms with Gasteiger partial charge in [0, 0.05) is 35.1 Å². The number of furan rings is 1. The van der Waals surface area contributed by atoms with Gasteiger partial charge in [0.05, 0.1) is 18.1 Å². The third kappa shape index (κ3) is 3.85. The molecule has 1 amide bonds. The molecule has 0 radical (unpaired) electrons. The molecular formula is C27H27NO5. The van der Waals surface area contributed by atoms with E-state index in [9.17, 15) is 9.59 Å². The molecule has 0 spiro atoms. The molecule has 1 N–H and O–H groups in total. The zero-order chi connectivity index (χ0) is 23.1. The number of rotatable bonds is 5. The molecule has 0 bridgehead atoms. The van der Waals surface area contributed by atoms with Crippen molar-refractivity contribution in [3.63, 3.8) is 0 Å². The summed E-state index contributed by atoms with van der Waals surface area (Å²) >= 11 is 0. The summed E-state index contributed by atoms with van der Waals surface area (Å²) in [6.07, 6.45) is 1.99. The monoisotopic (exact) mass is 445 g/mol. The lowest BCUT2D eigenvalue weighted by Crippen LogP contribution is -2.34. The molecule has 4 aromatic rings. The van der Waals surface area contributed by atoms with Crippen molar-refractivity contribution in [1.29, 1.82) is 0 Å². The first-order valence-electron chi connectivity index (χ1n) is 11.4. The highest BCUT2D eigenvalue weighted by atomic mass is 16.5. The Balaban J connectivity index is 1.57. The number of amides is 1. The molecule has 6 heteroatoms. The van der Waals surface area contributed by atoms with Crippen molar-refractivity contribution in [2.75, 3.05) is 13.2 Å². The number of hydrogen-bond donors (Lipinski definition) is 1. The van der Waals surface area contributed by atoms with Gasteiger partial charge in [-0.1, -0.05) is 30.3 Å². The second kappa shape index (κ2) is 8.52. The number of benzene rings is 2. The third-order valence-corrected chi connectivity index (χ3v) is 6.58. The van der Waals surface area contributed by atoms with Crippen LogP contribution in [0, 0.1) is 20.8 Å².